The number of pyridine rings is 1. The molecule has 0 radical (unpaired) electrons. The molecule has 1 unspecified atom stereocenters. The second-order valence-electron chi connectivity index (χ2n) is 4.25. The van der Waals surface area contributed by atoms with Gasteiger partial charge in [0.15, 0.2) is 0 Å². The number of nitrogens with two attached hydrogens (primary N) is 1. The fraction of sp³-hybridized carbons (Fsp3) is 0.583. The van der Waals surface area contributed by atoms with Gasteiger partial charge in [0, 0.05) is 13.1 Å². The first kappa shape index (κ1) is 11.2. The first-order valence-electron chi connectivity index (χ1n) is 5.79. The lowest BCUT2D eigenvalue weighted by molar-refractivity contribution is 0.0381. The molecular formula is C12H19N3O. The SMILES string of the molecule is CCC1CN(c2cc(C)c(N)cn2)CCO1. The van der Waals surface area contributed by atoms with E-state index in [2.05, 4.69) is 16.8 Å². The highest BCUT2D eigenvalue weighted by Crippen LogP contribution is 2.20. The van der Waals surface area contributed by atoms with E-state index in [1.165, 1.54) is 0 Å². The molecule has 16 heavy (non-hydrogen) atoms. The van der Waals surface area contributed by atoms with E-state index in [0.29, 0.717) is 6.10 Å². The Bertz CT molecular complexity index is 367. The number of ether oxygens (including phenoxy) is 1. The largest absolute Gasteiger partial charge is 0.397 e. The van der Waals surface area contributed by atoms with Gasteiger partial charge in [-0.1, -0.05) is 6.92 Å². The van der Waals surface area contributed by atoms with Gasteiger partial charge in [0.25, 0.3) is 0 Å². The van der Waals surface area contributed by atoms with Crippen molar-refractivity contribution in [3.8, 4) is 0 Å². The summed E-state index contributed by atoms with van der Waals surface area (Å²) < 4.78 is 5.64. The van der Waals surface area contributed by atoms with E-state index in [1.54, 1.807) is 6.20 Å². The molecule has 88 valence electrons. The van der Waals surface area contributed by atoms with Gasteiger partial charge >= 0.3 is 0 Å². The normalized spacial score (nSPS) is 21.1. The molecule has 1 atom stereocenters. The summed E-state index contributed by atoms with van der Waals surface area (Å²) in [5, 5.41) is 0. The lowest BCUT2D eigenvalue weighted by Gasteiger charge is -2.33. The van der Waals surface area contributed by atoms with Gasteiger partial charge in [0.1, 0.15) is 5.82 Å². The summed E-state index contributed by atoms with van der Waals surface area (Å²) in [6, 6.07) is 2.05. The number of nitrogens with zero attached hydrogens (tertiary/aromatic N) is 2. The number of hydrogen-bond acceptors (Lipinski definition) is 4. The van der Waals surface area contributed by atoms with Crippen molar-refractivity contribution in [3.05, 3.63) is 17.8 Å². The van der Waals surface area contributed by atoms with Crippen LogP contribution in [0.2, 0.25) is 0 Å². The summed E-state index contributed by atoms with van der Waals surface area (Å²) in [4.78, 5) is 6.64. The van der Waals surface area contributed by atoms with Crippen LogP contribution in [0.3, 0.4) is 0 Å². The summed E-state index contributed by atoms with van der Waals surface area (Å²) in [5.41, 5.74) is 7.61. The second kappa shape index (κ2) is 4.70. The van der Waals surface area contributed by atoms with Crippen LogP contribution in [0.5, 0.6) is 0 Å². The first-order chi connectivity index (χ1) is 7.70. The van der Waals surface area contributed by atoms with Crippen molar-refractivity contribution in [2.75, 3.05) is 30.3 Å². The zero-order valence-corrected chi connectivity index (χ0v) is 9.94. The molecule has 1 aromatic heterocycles. The van der Waals surface area contributed by atoms with E-state index < -0.39 is 0 Å². The second-order valence-corrected chi connectivity index (χ2v) is 4.25. The van der Waals surface area contributed by atoms with Gasteiger partial charge in [-0.15, -0.1) is 0 Å². The third-order valence-corrected chi connectivity index (χ3v) is 3.05. The van der Waals surface area contributed by atoms with Crippen LogP contribution in [0.1, 0.15) is 18.9 Å². The molecule has 0 aliphatic carbocycles. The summed E-state index contributed by atoms with van der Waals surface area (Å²) in [5.74, 6) is 1.01. The minimum atomic E-state index is 0.327. The lowest BCUT2D eigenvalue weighted by Crippen LogP contribution is -2.42. The van der Waals surface area contributed by atoms with Gasteiger partial charge in [0.2, 0.25) is 0 Å². The zero-order chi connectivity index (χ0) is 11.5. The average molecular weight is 221 g/mol. The number of nitrogen functional groups attached to an aromatic ring is 1. The van der Waals surface area contributed by atoms with E-state index in [1.807, 2.05) is 13.0 Å². The smallest absolute Gasteiger partial charge is 0.129 e. The van der Waals surface area contributed by atoms with Crippen molar-refractivity contribution in [3.63, 3.8) is 0 Å². The van der Waals surface area contributed by atoms with Crippen LogP contribution in [0, 0.1) is 6.92 Å². The van der Waals surface area contributed by atoms with Gasteiger partial charge in [-0.05, 0) is 25.0 Å². The van der Waals surface area contributed by atoms with Crippen molar-refractivity contribution >= 4 is 11.5 Å². The van der Waals surface area contributed by atoms with Crippen molar-refractivity contribution in [2.45, 2.75) is 26.4 Å². The predicted octanol–water partition coefficient (Wildman–Crippen LogP) is 1.59. The van der Waals surface area contributed by atoms with Crippen molar-refractivity contribution < 1.29 is 4.74 Å². The van der Waals surface area contributed by atoms with Crippen LogP contribution < -0.4 is 10.6 Å². The van der Waals surface area contributed by atoms with Crippen LogP contribution in [0.4, 0.5) is 11.5 Å². The monoisotopic (exact) mass is 221 g/mol. The Labute approximate surface area is 96.4 Å². The number of morpholine rings is 1. The number of aromatic nitrogens is 1. The molecule has 2 N–H and O–H groups in total. The molecule has 1 fully saturated rings. The zero-order valence-electron chi connectivity index (χ0n) is 9.94. The summed E-state index contributed by atoms with van der Waals surface area (Å²) >= 11 is 0. The molecule has 1 aliphatic heterocycles. The average Bonchev–Trinajstić information content (AvgIpc) is 2.33. The molecule has 0 aromatic carbocycles. The molecule has 1 aliphatic rings. The Morgan fingerprint density at radius 2 is 2.44 bits per heavy atom. The lowest BCUT2D eigenvalue weighted by atomic mass is 10.2. The van der Waals surface area contributed by atoms with Gasteiger partial charge in [-0.2, -0.15) is 0 Å². The Balaban J connectivity index is 2.13. The third kappa shape index (κ3) is 2.27. The molecule has 2 rings (SSSR count). The van der Waals surface area contributed by atoms with Crippen molar-refractivity contribution in [1.82, 2.24) is 4.98 Å². The molecule has 1 saturated heterocycles. The molecule has 4 heteroatoms. The minimum Gasteiger partial charge on any atom is -0.397 e. The minimum absolute atomic E-state index is 0.327. The molecule has 2 heterocycles. The molecule has 0 bridgehead atoms. The maximum atomic E-state index is 5.77. The fourth-order valence-electron chi connectivity index (χ4n) is 1.90. The molecule has 0 spiro atoms. The molecule has 0 saturated carbocycles. The topological polar surface area (TPSA) is 51.4 Å². The van der Waals surface area contributed by atoms with Crippen molar-refractivity contribution in [1.29, 1.82) is 0 Å². The highest BCUT2D eigenvalue weighted by molar-refractivity contribution is 5.52. The molecular weight excluding hydrogens is 202 g/mol. The van der Waals surface area contributed by atoms with Gasteiger partial charge < -0.3 is 15.4 Å². The van der Waals surface area contributed by atoms with Crippen molar-refractivity contribution in [2.24, 2.45) is 0 Å². The Kier molecular flexibility index (Phi) is 3.29. The van der Waals surface area contributed by atoms with E-state index in [-0.39, 0.29) is 0 Å². The summed E-state index contributed by atoms with van der Waals surface area (Å²) in [7, 11) is 0. The fourth-order valence-corrected chi connectivity index (χ4v) is 1.90. The van der Waals surface area contributed by atoms with E-state index in [9.17, 15) is 0 Å². The van der Waals surface area contributed by atoms with Crippen LogP contribution in [-0.2, 0) is 4.74 Å². The highest BCUT2D eigenvalue weighted by atomic mass is 16.5. The number of hydrogen-bond donors (Lipinski definition) is 1. The predicted molar refractivity (Wildman–Crippen MR) is 65.6 cm³/mol. The standard InChI is InChI=1S/C12H19N3O/c1-3-10-8-15(4-5-16-10)12-6-9(2)11(13)7-14-12/h6-7,10H,3-5,8,13H2,1-2H3. The molecule has 4 nitrogen and oxygen atoms in total. The number of aryl methyl sites for hydroxylation is 1. The highest BCUT2D eigenvalue weighted by Gasteiger charge is 2.20. The quantitative estimate of drug-likeness (QED) is 0.824. The number of rotatable bonds is 2. The molecule has 0 amide bonds. The van der Waals surface area contributed by atoms with Gasteiger partial charge in [-0.3, -0.25) is 0 Å². The van der Waals surface area contributed by atoms with Gasteiger partial charge in [0.05, 0.1) is 24.6 Å². The van der Waals surface area contributed by atoms with Gasteiger partial charge in [-0.25, -0.2) is 4.98 Å². The molecule has 1 aromatic rings. The van der Waals surface area contributed by atoms with Crippen LogP contribution in [0.15, 0.2) is 12.3 Å². The van der Waals surface area contributed by atoms with E-state index in [4.69, 9.17) is 10.5 Å². The van der Waals surface area contributed by atoms with Crippen LogP contribution >= 0.6 is 0 Å². The maximum absolute atomic E-state index is 5.77. The van der Waals surface area contributed by atoms with Crippen LogP contribution in [-0.4, -0.2) is 30.8 Å². The third-order valence-electron chi connectivity index (χ3n) is 3.05. The Morgan fingerprint density at radius 3 is 3.12 bits per heavy atom. The maximum Gasteiger partial charge on any atom is 0.129 e. The van der Waals surface area contributed by atoms with E-state index in [0.717, 1.165) is 43.2 Å². The first-order valence-corrected chi connectivity index (χ1v) is 5.79. The van der Waals surface area contributed by atoms with E-state index >= 15 is 0 Å². The Morgan fingerprint density at radius 1 is 1.62 bits per heavy atom. The van der Waals surface area contributed by atoms with Crippen LogP contribution in [0.25, 0.3) is 0 Å². The number of anilines is 2. The summed E-state index contributed by atoms with van der Waals surface area (Å²) in [6.07, 6.45) is 3.11. The Hall–Kier alpha value is -1.29. The summed E-state index contributed by atoms with van der Waals surface area (Å²) in [6.45, 7) is 6.78.